The molecule has 0 spiro atoms. The molecule has 1 atom stereocenters. The van der Waals surface area contributed by atoms with Crippen molar-refractivity contribution in [2.24, 2.45) is 5.92 Å². The first kappa shape index (κ1) is 12.4. The Morgan fingerprint density at radius 2 is 2.25 bits per heavy atom. The second-order valence-corrected chi connectivity index (χ2v) is 6.88. The summed E-state index contributed by atoms with van der Waals surface area (Å²) in [4.78, 5) is 1.41. The summed E-state index contributed by atoms with van der Waals surface area (Å²) in [6, 6.07) is 4.19. The molecule has 1 aliphatic heterocycles. The van der Waals surface area contributed by atoms with Crippen molar-refractivity contribution in [3.8, 4) is 0 Å². The summed E-state index contributed by atoms with van der Waals surface area (Å²) in [5.41, 5.74) is 0.298. The highest BCUT2D eigenvalue weighted by molar-refractivity contribution is 7.16. The van der Waals surface area contributed by atoms with Gasteiger partial charge in [0, 0.05) is 16.8 Å². The van der Waals surface area contributed by atoms with Crippen LogP contribution in [0.3, 0.4) is 0 Å². The fourth-order valence-electron chi connectivity index (χ4n) is 2.60. The van der Waals surface area contributed by atoms with Gasteiger partial charge in [-0.3, -0.25) is 0 Å². The van der Waals surface area contributed by atoms with Crippen molar-refractivity contribution < 1.29 is 0 Å². The molecule has 1 aromatic rings. The number of piperidine rings is 1. The SMILES string of the molecule is CC(C)C1(Cc2ccc(Cl)s2)CCCCN1. The van der Waals surface area contributed by atoms with E-state index in [1.54, 1.807) is 11.3 Å². The lowest BCUT2D eigenvalue weighted by Gasteiger charge is -2.42. The van der Waals surface area contributed by atoms with Gasteiger partial charge in [0.2, 0.25) is 0 Å². The highest BCUT2D eigenvalue weighted by atomic mass is 35.5. The maximum atomic E-state index is 6.00. The molecule has 0 saturated carbocycles. The molecule has 1 aliphatic rings. The van der Waals surface area contributed by atoms with Crippen LogP contribution in [0.25, 0.3) is 0 Å². The molecule has 1 nitrogen and oxygen atoms in total. The fraction of sp³-hybridized carbons (Fsp3) is 0.692. The standard InChI is InChI=1S/C13H20ClNS/c1-10(2)13(7-3-4-8-15-13)9-11-5-6-12(14)16-11/h5-6,10,15H,3-4,7-9H2,1-2H3. The van der Waals surface area contributed by atoms with Crippen molar-refractivity contribution in [1.29, 1.82) is 0 Å². The molecule has 1 unspecified atom stereocenters. The van der Waals surface area contributed by atoms with Gasteiger partial charge >= 0.3 is 0 Å². The van der Waals surface area contributed by atoms with E-state index in [0.717, 1.165) is 17.3 Å². The van der Waals surface area contributed by atoms with Crippen LogP contribution in [0.1, 0.15) is 38.0 Å². The van der Waals surface area contributed by atoms with Gasteiger partial charge < -0.3 is 5.32 Å². The van der Waals surface area contributed by atoms with Crippen molar-refractivity contribution in [3.63, 3.8) is 0 Å². The van der Waals surface area contributed by atoms with E-state index in [1.165, 1.54) is 24.1 Å². The average molecular weight is 258 g/mol. The molecule has 1 aromatic heterocycles. The number of rotatable bonds is 3. The monoisotopic (exact) mass is 257 g/mol. The van der Waals surface area contributed by atoms with E-state index in [1.807, 2.05) is 6.07 Å². The molecule has 0 aliphatic carbocycles. The quantitative estimate of drug-likeness (QED) is 0.859. The van der Waals surface area contributed by atoms with Crippen LogP contribution in [-0.4, -0.2) is 12.1 Å². The molecule has 2 heterocycles. The van der Waals surface area contributed by atoms with Gasteiger partial charge in [-0.05, 0) is 37.4 Å². The molecule has 1 N–H and O–H groups in total. The topological polar surface area (TPSA) is 12.0 Å². The molecular formula is C13H20ClNS. The highest BCUT2D eigenvalue weighted by Crippen LogP contribution is 2.33. The Labute approximate surface area is 107 Å². The van der Waals surface area contributed by atoms with Crippen LogP contribution in [0.2, 0.25) is 4.34 Å². The molecule has 0 amide bonds. The predicted molar refractivity (Wildman–Crippen MR) is 72.5 cm³/mol. The summed E-state index contributed by atoms with van der Waals surface area (Å²) < 4.78 is 0.907. The first-order valence-corrected chi connectivity index (χ1v) is 7.31. The summed E-state index contributed by atoms with van der Waals surface area (Å²) in [6.45, 7) is 5.82. The number of halogens is 1. The summed E-state index contributed by atoms with van der Waals surface area (Å²) in [6.07, 6.45) is 5.09. The minimum Gasteiger partial charge on any atom is -0.311 e. The van der Waals surface area contributed by atoms with Crippen molar-refractivity contribution in [2.45, 2.75) is 45.1 Å². The van der Waals surface area contributed by atoms with Crippen LogP contribution in [0.4, 0.5) is 0 Å². The van der Waals surface area contributed by atoms with E-state index in [9.17, 15) is 0 Å². The van der Waals surface area contributed by atoms with Crippen LogP contribution >= 0.6 is 22.9 Å². The predicted octanol–water partition coefficient (Wildman–Crippen LogP) is 4.11. The fourth-order valence-corrected chi connectivity index (χ4v) is 3.81. The Hall–Kier alpha value is -0.0500. The minimum atomic E-state index is 0.298. The Bertz CT molecular complexity index is 339. The second kappa shape index (κ2) is 5.07. The molecular weight excluding hydrogens is 238 g/mol. The molecule has 0 radical (unpaired) electrons. The third-order valence-corrected chi connectivity index (χ3v) is 4.98. The van der Waals surface area contributed by atoms with E-state index in [4.69, 9.17) is 11.6 Å². The van der Waals surface area contributed by atoms with Crippen LogP contribution in [0, 0.1) is 5.92 Å². The van der Waals surface area contributed by atoms with E-state index >= 15 is 0 Å². The van der Waals surface area contributed by atoms with Crippen LogP contribution in [-0.2, 0) is 6.42 Å². The van der Waals surface area contributed by atoms with Crippen LogP contribution in [0.15, 0.2) is 12.1 Å². The van der Waals surface area contributed by atoms with Crippen molar-refractivity contribution in [3.05, 3.63) is 21.3 Å². The molecule has 3 heteroatoms. The Morgan fingerprint density at radius 1 is 1.44 bits per heavy atom. The second-order valence-electron chi connectivity index (χ2n) is 5.08. The highest BCUT2D eigenvalue weighted by Gasteiger charge is 2.35. The van der Waals surface area contributed by atoms with Gasteiger partial charge in [0.05, 0.1) is 4.34 Å². The van der Waals surface area contributed by atoms with Crippen molar-refractivity contribution in [2.75, 3.05) is 6.54 Å². The van der Waals surface area contributed by atoms with Crippen molar-refractivity contribution in [1.82, 2.24) is 5.32 Å². The van der Waals surface area contributed by atoms with Gasteiger partial charge in [0.15, 0.2) is 0 Å². The Kier molecular flexibility index (Phi) is 3.93. The third-order valence-electron chi connectivity index (χ3n) is 3.75. The zero-order valence-corrected chi connectivity index (χ0v) is 11.6. The van der Waals surface area contributed by atoms with Crippen molar-refractivity contribution >= 4 is 22.9 Å². The van der Waals surface area contributed by atoms with Gasteiger partial charge in [-0.1, -0.05) is 31.9 Å². The lowest BCUT2D eigenvalue weighted by Crippen LogP contribution is -2.53. The smallest absolute Gasteiger partial charge is 0.0931 e. The molecule has 2 rings (SSSR count). The molecule has 0 bridgehead atoms. The van der Waals surface area contributed by atoms with E-state index in [0.29, 0.717) is 11.5 Å². The third kappa shape index (κ3) is 2.61. The Balaban J connectivity index is 2.13. The number of hydrogen-bond donors (Lipinski definition) is 1. The molecule has 16 heavy (non-hydrogen) atoms. The van der Waals surface area contributed by atoms with E-state index in [-0.39, 0.29) is 0 Å². The first-order valence-electron chi connectivity index (χ1n) is 6.12. The van der Waals surface area contributed by atoms with Gasteiger partial charge in [-0.2, -0.15) is 0 Å². The molecule has 1 fully saturated rings. The minimum absolute atomic E-state index is 0.298. The Morgan fingerprint density at radius 3 is 2.75 bits per heavy atom. The summed E-state index contributed by atoms with van der Waals surface area (Å²) in [5, 5.41) is 3.75. The maximum Gasteiger partial charge on any atom is 0.0931 e. The molecule has 1 saturated heterocycles. The largest absolute Gasteiger partial charge is 0.311 e. The number of thiophene rings is 1. The normalized spacial score (nSPS) is 26.2. The van der Waals surface area contributed by atoms with Gasteiger partial charge in [-0.15, -0.1) is 11.3 Å². The summed E-state index contributed by atoms with van der Waals surface area (Å²) in [5.74, 6) is 0.675. The zero-order chi connectivity index (χ0) is 11.6. The van der Waals surface area contributed by atoms with E-state index < -0.39 is 0 Å². The average Bonchev–Trinajstić information content (AvgIpc) is 2.65. The lowest BCUT2D eigenvalue weighted by molar-refractivity contribution is 0.183. The first-order chi connectivity index (χ1) is 7.62. The van der Waals surface area contributed by atoms with Gasteiger partial charge in [0.1, 0.15) is 0 Å². The number of nitrogens with one attached hydrogen (secondary N) is 1. The van der Waals surface area contributed by atoms with Gasteiger partial charge in [-0.25, -0.2) is 0 Å². The van der Waals surface area contributed by atoms with Crippen LogP contribution in [0.5, 0.6) is 0 Å². The van der Waals surface area contributed by atoms with Crippen LogP contribution < -0.4 is 5.32 Å². The van der Waals surface area contributed by atoms with E-state index in [2.05, 4.69) is 25.2 Å². The van der Waals surface area contributed by atoms with Gasteiger partial charge in [0.25, 0.3) is 0 Å². The summed E-state index contributed by atoms with van der Waals surface area (Å²) in [7, 11) is 0. The molecule has 90 valence electrons. The maximum absolute atomic E-state index is 6.00. The zero-order valence-electron chi connectivity index (χ0n) is 10.1. The molecule has 0 aromatic carbocycles. The lowest BCUT2D eigenvalue weighted by atomic mass is 9.76. The summed E-state index contributed by atoms with van der Waals surface area (Å²) >= 11 is 7.72. The number of hydrogen-bond acceptors (Lipinski definition) is 2.